The van der Waals surface area contributed by atoms with Gasteiger partial charge in [-0.1, -0.05) is 32.9 Å². The van der Waals surface area contributed by atoms with E-state index in [4.69, 9.17) is 14.2 Å². The van der Waals surface area contributed by atoms with Crippen molar-refractivity contribution in [3.63, 3.8) is 0 Å². The molecule has 0 aliphatic rings. The van der Waals surface area contributed by atoms with Gasteiger partial charge in [0, 0.05) is 11.1 Å². The highest BCUT2D eigenvalue weighted by Gasteiger charge is 2.15. The molecule has 8 heteroatoms. The lowest BCUT2D eigenvalue weighted by atomic mass is 9.87. The number of hydrogen-bond acceptors (Lipinski definition) is 6. The van der Waals surface area contributed by atoms with Crippen LogP contribution in [0.5, 0.6) is 17.2 Å². The average Bonchev–Trinajstić information content (AvgIpc) is 2.76. The summed E-state index contributed by atoms with van der Waals surface area (Å²) in [6.07, 6.45) is 1.44. The van der Waals surface area contributed by atoms with Crippen LogP contribution in [0.15, 0.2) is 41.5 Å². The minimum atomic E-state index is -0.455. The van der Waals surface area contributed by atoms with E-state index in [2.05, 4.69) is 36.6 Å². The molecular formula is C23H29N3O5. The summed E-state index contributed by atoms with van der Waals surface area (Å²) >= 11 is 0. The van der Waals surface area contributed by atoms with Crippen molar-refractivity contribution in [1.82, 2.24) is 10.7 Å². The first-order chi connectivity index (χ1) is 14.7. The molecule has 2 amide bonds. The first-order valence-corrected chi connectivity index (χ1v) is 9.70. The Labute approximate surface area is 182 Å². The summed E-state index contributed by atoms with van der Waals surface area (Å²) < 4.78 is 15.8. The van der Waals surface area contributed by atoms with E-state index < -0.39 is 5.91 Å². The number of hydrazone groups is 1. The summed E-state index contributed by atoms with van der Waals surface area (Å²) in [5.41, 5.74) is 4.63. The third-order valence-electron chi connectivity index (χ3n) is 4.51. The SMILES string of the molecule is COc1cc(/C=N/NC(=O)CNC(=O)c2ccc(C(C)(C)C)cc2)cc(OC)c1OC. The summed E-state index contributed by atoms with van der Waals surface area (Å²) in [6, 6.07) is 10.7. The van der Waals surface area contributed by atoms with Crippen molar-refractivity contribution in [3.8, 4) is 17.2 Å². The monoisotopic (exact) mass is 427 g/mol. The Bertz CT molecular complexity index is 922. The summed E-state index contributed by atoms with van der Waals surface area (Å²) in [4.78, 5) is 24.2. The van der Waals surface area contributed by atoms with E-state index in [0.717, 1.165) is 5.56 Å². The third kappa shape index (κ3) is 6.47. The van der Waals surface area contributed by atoms with Crippen LogP contribution in [0.4, 0.5) is 0 Å². The van der Waals surface area contributed by atoms with Crippen molar-refractivity contribution in [2.75, 3.05) is 27.9 Å². The molecule has 0 saturated heterocycles. The van der Waals surface area contributed by atoms with Crippen molar-refractivity contribution in [2.45, 2.75) is 26.2 Å². The minimum Gasteiger partial charge on any atom is -0.493 e. The maximum absolute atomic E-state index is 12.2. The zero-order chi connectivity index (χ0) is 23.0. The fourth-order valence-corrected chi connectivity index (χ4v) is 2.78. The van der Waals surface area contributed by atoms with E-state index in [0.29, 0.717) is 28.4 Å². The number of nitrogens with one attached hydrogen (secondary N) is 2. The molecule has 0 aliphatic carbocycles. The molecule has 2 rings (SSSR count). The highest BCUT2D eigenvalue weighted by molar-refractivity contribution is 5.96. The number of rotatable bonds is 8. The van der Waals surface area contributed by atoms with Gasteiger partial charge in [-0.2, -0.15) is 5.10 Å². The standard InChI is InChI=1S/C23H29N3O5/c1-23(2,3)17-9-7-16(8-10-17)22(28)24-14-20(27)26-25-13-15-11-18(29-4)21(31-6)19(12-15)30-5/h7-13H,14H2,1-6H3,(H,24,28)(H,26,27)/b25-13+. The van der Waals surface area contributed by atoms with Crippen LogP contribution < -0.4 is 25.0 Å². The van der Waals surface area contributed by atoms with Gasteiger partial charge in [0.2, 0.25) is 5.75 Å². The molecule has 0 aliphatic heterocycles. The maximum Gasteiger partial charge on any atom is 0.259 e. The molecule has 0 radical (unpaired) electrons. The number of hydrogen-bond donors (Lipinski definition) is 2. The van der Waals surface area contributed by atoms with Gasteiger partial charge in [-0.05, 0) is 35.2 Å². The fourth-order valence-electron chi connectivity index (χ4n) is 2.78. The molecule has 0 spiro atoms. The maximum atomic E-state index is 12.2. The van der Waals surface area contributed by atoms with Gasteiger partial charge in [0.1, 0.15) is 0 Å². The van der Waals surface area contributed by atoms with Crippen LogP contribution in [0.2, 0.25) is 0 Å². The quantitative estimate of drug-likeness (QED) is 0.499. The average molecular weight is 428 g/mol. The van der Waals surface area contributed by atoms with E-state index in [-0.39, 0.29) is 17.9 Å². The smallest absolute Gasteiger partial charge is 0.259 e. The van der Waals surface area contributed by atoms with Crippen LogP contribution >= 0.6 is 0 Å². The fraction of sp³-hybridized carbons (Fsp3) is 0.348. The Hall–Kier alpha value is -3.55. The first-order valence-electron chi connectivity index (χ1n) is 9.70. The van der Waals surface area contributed by atoms with Gasteiger partial charge < -0.3 is 19.5 Å². The topological polar surface area (TPSA) is 98.2 Å². The van der Waals surface area contributed by atoms with Crippen LogP contribution in [0.3, 0.4) is 0 Å². The van der Waals surface area contributed by atoms with E-state index in [1.807, 2.05) is 12.1 Å². The number of carbonyl (C=O) groups is 2. The molecule has 0 bridgehead atoms. The largest absolute Gasteiger partial charge is 0.493 e. The van der Waals surface area contributed by atoms with E-state index in [9.17, 15) is 9.59 Å². The second-order valence-corrected chi connectivity index (χ2v) is 7.76. The lowest BCUT2D eigenvalue weighted by molar-refractivity contribution is -0.120. The molecule has 0 fully saturated rings. The molecular weight excluding hydrogens is 398 g/mol. The van der Waals surface area contributed by atoms with E-state index >= 15 is 0 Å². The summed E-state index contributed by atoms with van der Waals surface area (Å²) in [5.74, 6) is 0.621. The van der Waals surface area contributed by atoms with Gasteiger partial charge in [0.25, 0.3) is 11.8 Å². The number of methoxy groups -OCH3 is 3. The van der Waals surface area contributed by atoms with Gasteiger partial charge in [-0.15, -0.1) is 0 Å². The highest BCUT2D eigenvalue weighted by atomic mass is 16.5. The van der Waals surface area contributed by atoms with Gasteiger partial charge in [-0.3, -0.25) is 9.59 Å². The van der Waals surface area contributed by atoms with Crippen LogP contribution in [-0.2, 0) is 10.2 Å². The lowest BCUT2D eigenvalue weighted by Gasteiger charge is -2.19. The van der Waals surface area contributed by atoms with E-state index in [1.165, 1.54) is 27.5 Å². The van der Waals surface area contributed by atoms with E-state index in [1.54, 1.807) is 24.3 Å². The molecule has 31 heavy (non-hydrogen) atoms. The van der Waals surface area contributed by atoms with Crippen LogP contribution in [-0.4, -0.2) is 45.9 Å². The second kappa shape index (κ2) is 10.5. The number of nitrogens with zero attached hydrogens (tertiary/aromatic N) is 1. The zero-order valence-electron chi connectivity index (χ0n) is 18.7. The molecule has 2 N–H and O–H groups in total. The number of amides is 2. The Kier molecular flexibility index (Phi) is 8.01. The number of benzene rings is 2. The Morgan fingerprint density at radius 3 is 2.03 bits per heavy atom. The van der Waals surface area contributed by atoms with Crippen molar-refractivity contribution in [3.05, 3.63) is 53.1 Å². The van der Waals surface area contributed by atoms with Crippen molar-refractivity contribution < 1.29 is 23.8 Å². The summed E-state index contributed by atoms with van der Waals surface area (Å²) in [5, 5.41) is 6.49. The van der Waals surface area contributed by atoms with Crippen LogP contribution in [0.25, 0.3) is 0 Å². The molecule has 0 aromatic heterocycles. The Balaban J connectivity index is 1.92. The Morgan fingerprint density at radius 2 is 1.55 bits per heavy atom. The number of carbonyl (C=O) groups excluding carboxylic acids is 2. The molecule has 0 unspecified atom stereocenters. The molecule has 2 aromatic rings. The van der Waals surface area contributed by atoms with Crippen molar-refractivity contribution in [1.29, 1.82) is 0 Å². The predicted octanol–water partition coefficient (Wildman–Crippen LogP) is 2.89. The lowest BCUT2D eigenvalue weighted by Crippen LogP contribution is -2.34. The van der Waals surface area contributed by atoms with Crippen LogP contribution in [0, 0.1) is 0 Å². The molecule has 8 nitrogen and oxygen atoms in total. The Morgan fingerprint density at radius 1 is 0.968 bits per heavy atom. The normalized spacial score (nSPS) is 11.2. The zero-order valence-corrected chi connectivity index (χ0v) is 18.7. The molecule has 0 saturated carbocycles. The molecule has 166 valence electrons. The van der Waals surface area contributed by atoms with Gasteiger partial charge in [-0.25, -0.2) is 5.43 Å². The third-order valence-corrected chi connectivity index (χ3v) is 4.51. The molecule has 2 aromatic carbocycles. The summed E-state index contributed by atoms with van der Waals surface area (Å²) in [7, 11) is 4.54. The van der Waals surface area contributed by atoms with Gasteiger partial charge in [0.15, 0.2) is 11.5 Å². The van der Waals surface area contributed by atoms with Crippen LogP contribution in [0.1, 0.15) is 42.3 Å². The first kappa shape index (κ1) is 23.7. The molecule has 0 atom stereocenters. The molecule has 0 heterocycles. The minimum absolute atomic E-state index is 0.00478. The van der Waals surface area contributed by atoms with Gasteiger partial charge in [0.05, 0.1) is 34.1 Å². The van der Waals surface area contributed by atoms with Gasteiger partial charge >= 0.3 is 0 Å². The van der Waals surface area contributed by atoms with Crippen molar-refractivity contribution >= 4 is 18.0 Å². The highest BCUT2D eigenvalue weighted by Crippen LogP contribution is 2.37. The number of ether oxygens (including phenoxy) is 3. The predicted molar refractivity (Wildman–Crippen MR) is 119 cm³/mol. The summed E-state index contributed by atoms with van der Waals surface area (Å²) in [6.45, 7) is 6.10. The van der Waals surface area contributed by atoms with Crippen molar-refractivity contribution in [2.24, 2.45) is 5.10 Å². The second-order valence-electron chi connectivity index (χ2n) is 7.76.